The summed E-state index contributed by atoms with van der Waals surface area (Å²) in [6, 6.07) is 12.6. The Labute approximate surface area is 102 Å². The average molecular weight is 272 g/mol. The second-order valence-corrected chi connectivity index (χ2v) is 4.84. The maximum atomic E-state index is 4.53. The van der Waals surface area contributed by atoms with Crippen molar-refractivity contribution in [3.05, 3.63) is 52.6 Å². The van der Waals surface area contributed by atoms with Gasteiger partial charge in [0.05, 0.1) is 5.52 Å². The molecule has 0 radical (unpaired) electrons. The lowest BCUT2D eigenvalue weighted by Crippen LogP contribution is -1.84. The fourth-order valence-electron chi connectivity index (χ4n) is 2.04. The third-order valence-corrected chi connectivity index (χ3v) is 3.43. The van der Waals surface area contributed by atoms with Crippen LogP contribution in [0.25, 0.3) is 21.7 Å². The topological polar surface area (TPSA) is 12.9 Å². The molecule has 3 aromatic rings. The quantitative estimate of drug-likeness (QED) is 0.550. The number of nitrogens with zero attached hydrogens (tertiary/aromatic N) is 1. The van der Waals surface area contributed by atoms with Crippen molar-refractivity contribution < 1.29 is 0 Å². The fraction of sp³-hybridized carbons (Fsp3) is 0.0714. The van der Waals surface area contributed by atoms with Gasteiger partial charge in [-0.2, -0.15) is 0 Å². The van der Waals surface area contributed by atoms with Crippen LogP contribution < -0.4 is 0 Å². The lowest BCUT2D eigenvalue weighted by molar-refractivity contribution is 1.34. The summed E-state index contributed by atoms with van der Waals surface area (Å²) < 4.78 is 1.13. The summed E-state index contributed by atoms with van der Waals surface area (Å²) in [5, 5.41) is 3.60. The molecule has 0 saturated carbocycles. The standard InChI is InChI=1S/C14H10BrN/c1-9-6-10-7-13(15)11-4-2-3-5-12(11)14(10)16-8-9/h2-8H,1H3. The molecule has 0 bridgehead atoms. The summed E-state index contributed by atoms with van der Waals surface area (Å²) in [6.07, 6.45) is 1.92. The normalized spacial score (nSPS) is 11.1. The average Bonchev–Trinajstić information content (AvgIpc) is 2.29. The van der Waals surface area contributed by atoms with Gasteiger partial charge in [-0.25, -0.2) is 0 Å². The van der Waals surface area contributed by atoms with E-state index in [-0.39, 0.29) is 0 Å². The van der Waals surface area contributed by atoms with Gasteiger partial charge in [0.15, 0.2) is 0 Å². The van der Waals surface area contributed by atoms with Gasteiger partial charge in [0, 0.05) is 21.4 Å². The molecule has 0 aliphatic carbocycles. The number of rotatable bonds is 0. The van der Waals surface area contributed by atoms with Gasteiger partial charge in [0.1, 0.15) is 0 Å². The number of pyridine rings is 1. The fourth-order valence-corrected chi connectivity index (χ4v) is 2.63. The molecule has 0 N–H and O–H groups in total. The van der Waals surface area contributed by atoms with Crippen LogP contribution >= 0.6 is 15.9 Å². The molecular weight excluding hydrogens is 262 g/mol. The Morgan fingerprint density at radius 1 is 1.06 bits per heavy atom. The number of hydrogen-bond acceptors (Lipinski definition) is 1. The Balaban J connectivity index is 2.59. The van der Waals surface area contributed by atoms with Crippen molar-refractivity contribution in [2.45, 2.75) is 6.92 Å². The van der Waals surface area contributed by atoms with E-state index < -0.39 is 0 Å². The minimum Gasteiger partial charge on any atom is -0.255 e. The summed E-state index contributed by atoms with van der Waals surface area (Å²) in [7, 11) is 0. The second-order valence-electron chi connectivity index (χ2n) is 3.99. The number of benzene rings is 2. The van der Waals surface area contributed by atoms with Gasteiger partial charge in [-0.1, -0.05) is 40.2 Å². The molecule has 1 aromatic heterocycles. The van der Waals surface area contributed by atoms with Crippen molar-refractivity contribution >= 4 is 37.6 Å². The van der Waals surface area contributed by atoms with E-state index in [4.69, 9.17) is 0 Å². The van der Waals surface area contributed by atoms with Crippen LogP contribution in [0.3, 0.4) is 0 Å². The highest BCUT2D eigenvalue weighted by molar-refractivity contribution is 9.10. The molecule has 0 spiro atoms. The molecule has 0 saturated heterocycles. The summed E-state index contributed by atoms with van der Waals surface area (Å²) >= 11 is 3.61. The Hall–Kier alpha value is -1.41. The van der Waals surface area contributed by atoms with Crippen LogP contribution in [0, 0.1) is 6.92 Å². The van der Waals surface area contributed by atoms with Crippen LogP contribution in [-0.4, -0.2) is 4.98 Å². The first-order valence-electron chi connectivity index (χ1n) is 5.19. The van der Waals surface area contributed by atoms with Crippen molar-refractivity contribution in [1.82, 2.24) is 4.98 Å². The van der Waals surface area contributed by atoms with E-state index in [1.807, 2.05) is 12.3 Å². The molecule has 0 unspecified atom stereocenters. The van der Waals surface area contributed by atoms with Crippen molar-refractivity contribution in [3.63, 3.8) is 0 Å². The Kier molecular flexibility index (Phi) is 2.18. The molecule has 3 rings (SSSR count). The Morgan fingerprint density at radius 3 is 2.62 bits per heavy atom. The van der Waals surface area contributed by atoms with Crippen LogP contribution in [0.1, 0.15) is 5.56 Å². The predicted molar refractivity (Wildman–Crippen MR) is 71.7 cm³/mol. The highest BCUT2D eigenvalue weighted by Crippen LogP contribution is 2.30. The van der Waals surface area contributed by atoms with Gasteiger partial charge in [0.2, 0.25) is 0 Å². The van der Waals surface area contributed by atoms with Gasteiger partial charge in [-0.3, -0.25) is 4.98 Å². The van der Waals surface area contributed by atoms with E-state index in [1.54, 1.807) is 0 Å². The van der Waals surface area contributed by atoms with Crippen LogP contribution in [0.5, 0.6) is 0 Å². The minimum absolute atomic E-state index is 1.07. The van der Waals surface area contributed by atoms with Crippen molar-refractivity contribution in [2.75, 3.05) is 0 Å². The highest BCUT2D eigenvalue weighted by Gasteiger charge is 2.05. The summed E-state index contributed by atoms with van der Waals surface area (Å²) in [5.41, 5.74) is 2.26. The molecule has 2 aromatic carbocycles. The third kappa shape index (κ3) is 1.41. The number of halogens is 1. The van der Waals surface area contributed by atoms with Crippen LogP contribution in [0.2, 0.25) is 0 Å². The van der Waals surface area contributed by atoms with Gasteiger partial charge < -0.3 is 0 Å². The maximum Gasteiger partial charge on any atom is 0.0781 e. The van der Waals surface area contributed by atoms with Gasteiger partial charge in [-0.05, 0) is 30.0 Å². The van der Waals surface area contributed by atoms with Crippen molar-refractivity contribution in [3.8, 4) is 0 Å². The second kappa shape index (κ2) is 3.56. The smallest absolute Gasteiger partial charge is 0.0781 e. The SMILES string of the molecule is Cc1cnc2c(c1)cc(Br)c1ccccc12. The first-order valence-corrected chi connectivity index (χ1v) is 5.98. The summed E-state index contributed by atoms with van der Waals surface area (Å²) in [5.74, 6) is 0. The van der Waals surface area contributed by atoms with Crippen LogP contribution in [0.15, 0.2) is 47.1 Å². The monoisotopic (exact) mass is 271 g/mol. The largest absolute Gasteiger partial charge is 0.255 e. The highest BCUT2D eigenvalue weighted by atomic mass is 79.9. The molecule has 0 fully saturated rings. The molecule has 1 nitrogen and oxygen atoms in total. The molecule has 0 atom stereocenters. The van der Waals surface area contributed by atoms with Gasteiger partial charge >= 0.3 is 0 Å². The molecule has 2 heteroatoms. The summed E-state index contributed by atoms with van der Waals surface area (Å²) in [6.45, 7) is 2.07. The van der Waals surface area contributed by atoms with E-state index in [0.29, 0.717) is 0 Å². The summed E-state index contributed by atoms with van der Waals surface area (Å²) in [4.78, 5) is 4.53. The molecule has 0 aliphatic heterocycles. The predicted octanol–water partition coefficient (Wildman–Crippen LogP) is 4.46. The van der Waals surface area contributed by atoms with E-state index >= 15 is 0 Å². The number of aromatic nitrogens is 1. The molecule has 0 aliphatic rings. The first kappa shape index (κ1) is 9.79. The molecule has 78 valence electrons. The van der Waals surface area contributed by atoms with Gasteiger partial charge in [-0.15, -0.1) is 0 Å². The van der Waals surface area contributed by atoms with Crippen molar-refractivity contribution in [1.29, 1.82) is 0 Å². The van der Waals surface area contributed by atoms with E-state index in [2.05, 4.69) is 58.2 Å². The van der Waals surface area contributed by atoms with E-state index in [0.717, 1.165) is 9.99 Å². The maximum absolute atomic E-state index is 4.53. The minimum atomic E-state index is 1.07. The first-order chi connectivity index (χ1) is 7.75. The van der Waals surface area contributed by atoms with Crippen molar-refractivity contribution in [2.24, 2.45) is 0 Å². The van der Waals surface area contributed by atoms with E-state index in [9.17, 15) is 0 Å². The molecular formula is C14H10BrN. The van der Waals surface area contributed by atoms with Crippen LogP contribution in [0.4, 0.5) is 0 Å². The van der Waals surface area contributed by atoms with Crippen LogP contribution in [-0.2, 0) is 0 Å². The third-order valence-electron chi connectivity index (χ3n) is 2.78. The zero-order chi connectivity index (χ0) is 11.1. The number of fused-ring (bicyclic) bond motifs is 3. The van der Waals surface area contributed by atoms with E-state index in [1.165, 1.54) is 21.7 Å². The molecule has 0 amide bonds. The molecule has 16 heavy (non-hydrogen) atoms. The lowest BCUT2D eigenvalue weighted by Gasteiger charge is -2.05. The van der Waals surface area contributed by atoms with Gasteiger partial charge in [0.25, 0.3) is 0 Å². The molecule has 1 heterocycles. The Bertz CT molecular complexity index is 689. The zero-order valence-electron chi connectivity index (χ0n) is 8.87. The number of hydrogen-bond donors (Lipinski definition) is 0. The lowest BCUT2D eigenvalue weighted by atomic mass is 10.1. The number of aryl methyl sites for hydroxylation is 1. The Morgan fingerprint density at radius 2 is 1.81 bits per heavy atom. The zero-order valence-corrected chi connectivity index (χ0v) is 10.5.